The molecule has 0 bridgehead atoms. The van der Waals surface area contributed by atoms with Crippen molar-refractivity contribution in [3.8, 4) is 11.5 Å². The van der Waals surface area contributed by atoms with E-state index < -0.39 is 0 Å². The Labute approximate surface area is 159 Å². The third kappa shape index (κ3) is 4.08. The first-order valence-electron chi connectivity index (χ1n) is 9.53. The van der Waals surface area contributed by atoms with Crippen molar-refractivity contribution in [1.29, 1.82) is 0 Å². The van der Waals surface area contributed by atoms with Crippen LogP contribution in [0.15, 0.2) is 65.1 Å². The normalized spacial score (nSPS) is 17.5. The molecule has 1 aromatic heterocycles. The molecule has 5 nitrogen and oxygen atoms in total. The molecule has 0 spiro atoms. The number of amides is 1. The predicted molar refractivity (Wildman–Crippen MR) is 103 cm³/mol. The highest BCUT2D eigenvalue weighted by atomic mass is 16.4. The Balaban J connectivity index is 1.57. The van der Waals surface area contributed by atoms with Gasteiger partial charge in [-0.3, -0.25) is 4.79 Å². The number of likely N-dealkylation sites (tertiary alicyclic amines) is 1. The van der Waals surface area contributed by atoms with Gasteiger partial charge in [0.15, 0.2) is 0 Å². The van der Waals surface area contributed by atoms with Crippen molar-refractivity contribution in [3.05, 3.63) is 72.1 Å². The van der Waals surface area contributed by atoms with Crippen LogP contribution in [0.1, 0.15) is 43.2 Å². The Bertz CT molecular complexity index is 877. The lowest BCUT2D eigenvalue weighted by Crippen LogP contribution is -2.36. The minimum atomic E-state index is -0.145. The van der Waals surface area contributed by atoms with E-state index in [4.69, 9.17) is 4.42 Å². The molecule has 5 heteroatoms. The third-order valence-electron chi connectivity index (χ3n) is 5.02. The number of benzene rings is 2. The molecule has 1 fully saturated rings. The number of aromatic nitrogens is 2. The van der Waals surface area contributed by atoms with Gasteiger partial charge in [0.2, 0.25) is 17.7 Å². The zero-order valence-electron chi connectivity index (χ0n) is 15.3. The second-order valence-electron chi connectivity index (χ2n) is 6.93. The summed E-state index contributed by atoms with van der Waals surface area (Å²) in [7, 11) is 0. The third-order valence-corrected chi connectivity index (χ3v) is 5.02. The summed E-state index contributed by atoms with van der Waals surface area (Å²) in [6, 6.07) is 19.5. The molecule has 0 radical (unpaired) electrons. The van der Waals surface area contributed by atoms with Crippen molar-refractivity contribution in [1.82, 2.24) is 15.1 Å². The highest BCUT2D eigenvalue weighted by molar-refractivity contribution is 5.79. The highest BCUT2D eigenvalue weighted by Crippen LogP contribution is 2.31. The molecular weight excluding hydrogens is 338 g/mol. The maximum atomic E-state index is 13.0. The Morgan fingerprint density at radius 3 is 2.48 bits per heavy atom. The van der Waals surface area contributed by atoms with E-state index in [1.807, 2.05) is 65.6 Å². The zero-order valence-corrected chi connectivity index (χ0v) is 15.3. The summed E-state index contributed by atoms with van der Waals surface area (Å²) in [6.45, 7) is 0.735. The molecule has 4 rings (SSSR count). The Morgan fingerprint density at radius 1 is 0.963 bits per heavy atom. The van der Waals surface area contributed by atoms with Crippen LogP contribution in [0, 0.1) is 0 Å². The molecule has 1 saturated heterocycles. The van der Waals surface area contributed by atoms with Gasteiger partial charge in [0, 0.05) is 12.1 Å². The van der Waals surface area contributed by atoms with E-state index in [0.717, 1.165) is 43.4 Å². The molecule has 27 heavy (non-hydrogen) atoms. The summed E-state index contributed by atoms with van der Waals surface area (Å²) < 4.78 is 5.98. The van der Waals surface area contributed by atoms with Crippen LogP contribution in [-0.4, -0.2) is 27.5 Å². The summed E-state index contributed by atoms with van der Waals surface area (Å²) >= 11 is 0. The molecule has 2 aromatic carbocycles. The Morgan fingerprint density at radius 2 is 1.70 bits per heavy atom. The lowest BCUT2D eigenvalue weighted by molar-refractivity contribution is -0.133. The van der Waals surface area contributed by atoms with Gasteiger partial charge in [0.1, 0.15) is 6.04 Å². The van der Waals surface area contributed by atoms with Gasteiger partial charge in [-0.25, -0.2) is 0 Å². The molecule has 2 heterocycles. The molecule has 138 valence electrons. The monoisotopic (exact) mass is 361 g/mol. The van der Waals surface area contributed by atoms with Crippen molar-refractivity contribution in [2.24, 2.45) is 0 Å². The quantitative estimate of drug-likeness (QED) is 0.690. The van der Waals surface area contributed by atoms with Gasteiger partial charge in [0.05, 0.1) is 6.42 Å². The number of hydrogen-bond acceptors (Lipinski definition) is 4. The van der Waals surface area contributed by atoms with E-state index in [2.05, 4.69) is 10.2 Å². The van der Waals surface area contributed by atoms with Gasteiger partial charge < -0.3 is 9.32 Å². The zero-order chi connectivity index (χ0) is 18.5. The average molecular weight is 361 g/mol. The minimum absolute atomic E-state index is 0.118. The lowest BCUT2D eigenvalue weighted by atomic mass is 10.1. The fourth-order valence-corrected chi connectivity index (χ4v) is 3.60. The number of hydrogen-bond donors (Lipinski definition) is 0. The summed E-state index contributed by atoms with van der Waals surface area (Å²) in [4.78, 5) is 14.9. The molecule has 0 N–H and O–H groups in total. The van der Waals surface area contributed by atoms with Gasteiger partial charge >= 0.3 is 0 Å². The van der Waals surface area contributed by atoms with Gasteiger partial charge in [-0.05, 0) is 30.5 Å². The number of rotatable bonds is 4. The smallest absolute Gasteiger partial charge is 0.247 e. The van der Waals surface area contributed by atoms with Gasteiger partial charge in [-0.2, -0.15) is 0 Å². The first kappa shape index (κ1) is 17.5. The van der Waals surface area contributed by atoms with Crippen LogP contribution in [0.25, 0.3) is 11.5 Å². The van der Waals surface area contributed by atoms with Crippen LogP contribution in [0.4, 0.5) is 0 Å². The first-order valence-corrected chi connectivity index (χ1v) is 9.53. The molecular formula is C22H23N3O2. The van der Waals surface area contributed by atoms with Crippen molar-refractivity contribution >= 4 is 5.91 Å². The van der Waals surface area contributed by atoms with Crippen LogP contribution in [0.3, 0.4) is 0 Å². The maximum absolute atomic E-state index is 13.0. The molecule has 1 atom stereocenters. The molecule has 1 aliphatic rings. The Hall–Kier alpha value is -2.95. The lowest BCUT2D eigenvalue weighted by Gasteiger charge is -2.27. The number of nitrogens with zero attached hydrogens (tertiary/aromatic N) is 3. The van der Waals surface area contributed by atoms with Crippen LogP contribution >= 0.6 is 0 Å². The van der Waals surface area contributed by atoms with Crippen LogP contribution in [0.5, 0.6) is 0 Å². The summed E-state index contributed by atoms with van der Waals surface area (Å²) in [5.41, 5.74) is 1.92. The topological polar surface area (TPSA) is 59.2 Å². The van der Waals surface area contributed by atoms with E-state index in [0.29, 0.717) is 18.2 Å². The van der Waals surface area contributed by atoms with E-state index in [1.54, 1.807) is 0 Å². The molecule has 3 aromatic rings. The summed E-state index contributed by atoms with van der Waals surface area (Å²) in [6.07, 6.45) is 4.44. The van der Waals surface area contributed by atoms with Crippen LogP contribution in [0.2, 0.25) is 0 Å². The van der Waals surface area contributed by atoms with E-state index in [9.17, 15) is 4.79 Å². The minimum Gasteiger partial charge on any atom is -0.418 e. The van der Waals surface area contributed by atoms with E-state index >= 15 is 0 Å². The molecule has 0 aliphatic carbocycles. The number of carbonyl (C=O) groups excluding carboxylic acids is 1. The molecule has 1 aliphatic heterocycles. The molecule has 1 amide bonds. The molecule has 0 saturated carbocycles. The summed E-state index contributed by atoms with van der Waals surface area (Å²) in [5.74, 6) is 1.16. The highest BCUT2D eigenvalue weighted by Gasteiger charge is 2.30. The maximum Gasteiger partial charge on any atom is 0.247 e. The second-order valence-corrected chi connectivity index (χ2v) is 6.93. The summed E-state index contributed by atoms with van der Waals surface area (Å²) in [5, 5.41) is 8.50. The predicted octanol–water partition coefficient (Wildman–Crippen LogP) is 4.42. The van der Waals surface area contributed by atoms with Crippen molar-refractivity contribution in [2.75, 3.05) is 6.54 Å². The first-order chi connectivity index (χ1) is 13.3. The SMILES string of the molecule is O=C(Cc1ccccc1)N1CCCCCC1c1nnc(-c2ccccc2)o1. The van der Waals surface area contributed by atoms with Gasteiger partial charge in [-0.1, -0.05) is 61.4 Å². The fourth-order valence-electron chi connectivity index (χ4n) is 3.60. The van der Waals surface area contributed by atoms with Crippen molar-refractivity contribution in [3.63, 3.8) is 0 Å². The largest absolute Gasteiger partial charge is 0.418 e. The standard InChI is InChI=1S/C22H23N3O2/c26-20(16-17-10-4-1-5-11-17)25-15-9-3-8-14-19(25)22-24-23-21(27-22)18-12-6-2-7-13-18/h1-2,4-7,10-13,19H,3,8-9,14-16H2. The van der Waals surface area contributed by atoms with Crippen molar-refractivity contribution < 1.29 is 9.21 Å². The average Bonchev–Trinajstić information content (AvgIpc) is 3.07. The van der Waals surface area contributed by atoms with Crippen LogP contribution in [-0.2, 0) is 11.2 Å². The Kier molecular flexibility index (Phi) is 5.28. The number of carbonyl (C=O) groups is 1. The van der Waals surface area contributed by atoms with E-state index in [-0.39, 0.29) is 11.9 Å². The fraction of sp³-hybridized carbons (Fsp3) is 0.318. The van der Waals surface area contributed by atoms with Gasteiger partial charge in [-0.15, -0.1) is 10.2 Å². The van der Waals surface area contributed by atoms with Crippen LogP contribution < -0.4 is 0 Å². The van der Waals surface area contributed by atoms with E-state index in [1.165, 1.54) is 0 Å². The van der Waals surface area contributed by atoms with Gasteiger partial charge in [0.25, 0.3) is 0 Å². The molecule has 1 unspecified atom stereocenters. The van der Waals surface area contributed by atoms with Crippen molar-refractivity contribution in [2.45, 2.75) is 38.1 Å². The second kappa shape index (κ2) is 8.16.